The zero-order chi connectivity index (χ0) is 20.1. The molecule has 1 aliphatic rings. The second-order valence-electron chi connectivity index (χ2n) is 7.39. The van der Waals surface area contributed by atoms with E-state index in [1.54, 1.807) is 6.20 Å². The Labute approximate surface area is 165 Å². The lowest BCUT2D eigenvalue weighted by atomic mass is 10.1. The van der Waals surface area contributed by atoms with E-state index in [0.29, 0.717) is 12.4 Å². The number of carbonyl (C=O) groups is 2. The van der Waals surface area contributed by atoms with Crippen LogP contribution in [0.1, 0.15) is 37.6 Å². The number of amides is 1. The van der Waals surface area contributed by atoms with E-state index in [0.717, 1.165) is 43.7 Å². The standard InChI is InChI=1S/C21H27N3O4/c1-15-5-7-17(8-6-15)19-12-22-20(28-19)13-23-10-3-4-18(9-11-23)24(16(2)25)14-21(26)27/h5-8,12,18H,3-4,9-11,13-14H2,1-2H3,(H,26,27). The summed E-state index contributed by atoms with van der Waals surface area (Å²) in [4.78, 5) is 31.1. The average Bonchev–Trinajstić information content (AvgIpc) is 2.99. The molecule has 1 aliphatic heterocycles. The van der Waals surface area contributed by atoms with E-state index >= 15 is 0 Å². The monoisotopic (exact) mass is 385 g/mol. The van der Waals surface area contributed by atoms with E-state index in [9.17, 15) is 9.59 Å². The first-order valence-electron chi connectivity index (χ1n) is 9.65. The Bertz CT molecular complexity index is 815. The van der Waals surface area contributed by atoms with Crippen molar-refractivity contribution in [2.75, 3.05) is 19.6 Å². The smallest absolute Gasteiger partial charge is 0.323 e. The van der Waals surface area contributed by atoms with Crippen molar-refractivity contribution >= 4 is 11.9 Å². The lowest BCUT2D eigenvalue weighted by Gasteiger charge is -2.28. The zero-order valence-electron chi connectivity index (χ0n) is 16.4. The van der Waals surface area contributed by atoms with Crippen LogP contribution in [0.5, 0.6) is 0 Å². The molecule has 0 saturated carbocycles. The van der Waals surface area contributed by atoms with Crippen molar-refractivity contribution in [1.82, 2.24) is 14.8 Å². The Morgan fingerprint density at radius 2 is 2.00 bits per heavy atom. The van der Waals surface area contributed by atoms with Crippen LogP contribution in [-0.4, -0.2) is 57.4 Å². The third-order valence-electron chi connectivity index (χ3n) is 5.19. The molecule has 1 aromatic heterocycles. The van der Waals surface area contributed by atoms with E-state index in [1.807, 2.05) is 31.2 Å². The molecule has 3 rings (SSSR count). The predicted molar refractivity (Wildman–Crippen MR) is 105 cm³/mol. The van der Waals surface area contributed by atoms with Crippen molar-refractivity contribution in [3.05, 3.63) is 41.9 Å². The number of carboxylic acid groups (broad SMARTS) is 1. The van der Waals surface area contributed by atoms with Crippen molar-refractivity contribution in [3.63, 3.8) is 0 Å². The van der Waals surface area contributed by atoms with Gasteiger partial charge in [0.2, 0.25) is 11.8 Å². The van der Waals surface area contributed by atoms with Gasteiger partial charge in [-0.3, -0.25) is 14.5 Å². The van der Waals surface area contributed by atoms with E-state index in [2.05, 4.69) is 9.88 Å². The maximum absolute atomic E-state index is 11.8. The molecule has 150 valence electrons. The number of carboxylic acids is 1. The molecule has 0 spiro atoms. The topological polar surface area (TPSA) is 86.9 Å². The van der Waals surface area contributed by atoms with Gasteiger partial charge in [0.25, 0.3) is 0 Å². The number of aryl methyl sites for hydroxylation is 1. The van der Waals surface area contributed by atoms with E-state index in [4.69, 9.17) is 9.52 Å². The minimum Gasteiger partial charge on any atom is -0.480 e. The highest BCUT2D eigenvalue weighted by atomic mass is 16.4. The molecule has 0 bridgehead atoms. The lowest BCUT2D eigenvalue weighted by Crippen LogP contribution is -2.42. The maximum atomic E-state index is 11.8. The molecule has 7 nitrogen and oxygen atoms in total. The number of hydrogen-bond acceptors (Lipinski definition) is 5. The molecule has 1 aromatic carbocycles. The molecule has 1 fully saturated rings. The summed E-state index contributed by atoms with van der Waals surface area (Å²) in [6, 6.07) is 8.10. The maximum Gasteiger partial charge on any atom is 0.323 e. The fourth-order valence-corrected chi connectivity index (χ4v) is 3.68. The number of likely N-dealkylation sites (tertiary alicyclic amines) is 1. The predicted octanol–water partition coefficient (Wildman–Crippen LogP) is 2.94. The molecule has 2 heterocycles. The molecule has 28 heavy (non-hydrogen) atoms. The molecule has 1 amide bonds. The molecule has 0 aliphatic carbocycles. The van der Waals surface area contributed by atoms with E-state index in [-0.39, 0.29) is 18.5 Å². The van der Waals surface area contributed by atoms with Gasteiger partial charge in [-0.15, -0.1) is 0 Å². The minimum atomic E-state index is -0.972. The molecule has 1 atom stereocenters. The Morgan fingerprint density at radius 1 is 1.25 bits per heavy atom. The van der Waals surface area contributed by atoms with Gasteiger partial charge in [0.1, 0.15) is 6.54 Å². The van der Waals surface area contributed by atoms with Crippen LogP contribution >= 0.6 is 0 Å². The molecular weight excluding hydrogens is 358 g/mol. The van der Waals surface area contributed by atoms with Gasteiger partial charge in [-0.05, 0) is 32.7 Å². The van der Waals surface area contributed by atoms with Crippen molar-refractivity contribution in [2.45, 2.75) is 45.7 Å². The van der Waals surface area contributed by atoms with Crippen LogP contribution in [0.15, 0.2) is 34.9 Å². The highest BCUT2D eigenvalue weighted by molar-refractivity contribution is 5.79. The van der Waals surface area contributed by atoms with Gasteiger partial charge in [0.15, 0.2) is 5.76 Å². The summed E-state index contributed by atoms with van der Waals surface area (Å²) in [5, 5.41) is 9.07. The number of benzene rings is 1. The summed E-state index contributed by atoms with van der Waals surface area (Å²) >= 11 is 0. The van der Waals surface area contributed by atoms with Gasteiger partial charge in [-0.1, -0.05) is 29.8 Å². The SMILES string of the molecule is CC(=O)N(CC(=O)O)C1CCCN(Cc2ncc(-c3ccc(C)cc3)o2)CC1. The number of nitrogens with zero attached hydrogens (tertiary/aromatic N) is 3. The van der Waals surface area contributed by atoms with E-state index in [1.165, 1.54) is 17.4 Å². The highest BCUT2D eigenvalue weighted by Crippen LogP contribution is 2.23. The van der Waals surface area contributed by atoms with Gasteiger partial charge in [0, 0.05) is 25.1 Å². The summed E-state index contributed by atoms with van der Waals surface area (Å²) in [7, 11) is 0. The molecular formula is C21H27N3O4. The molecule has 1 unspecified atom stereocenters. The van der Waals surface area contributed by atoms with Crippen LogP contribution in [-0.2, 0) is 16.1 Å². The van der Waals surface area contributed by atoms with Gasteiger partial charge < -0.3 is 14.4 Å². The van der Waals surface area contributed by atoms with Gasteiger partial charge >= 0.3 is 5.97 Å². The second-order valence-corrected chi connectivity index (χ2v) is 7.39. The largest absolute Gasteiger partial charge is 0.480 e. The summed E-state index contributed by atoms with van der Waals surface area (Å²) in [6.45, 7) is 5.50. The quantitative estimate of drug-likeness (QED) is 0.823. The van der Waals surface area contributed by atoms with Crippen molar-refractivity contribution < 1.29 is 19.1 Å². The van der Waals surface area contributed by atoms with Crippen LogP contribution in [0.4, 0.5) is 0 Å². The molecule has 1 saturated heterocycles. The summed E-state index contributed by atoms with van der Waals surface area (Å²) in [5.41, 5.74) is 2.20. The Hall–Kier alpha value is -2.67. The lowest BCUT2D eigenvalue weighted by molar-refractivity contribution is -0.145. The number of oxazole rings is 1. The summed E-state index contributed by atoms with van der Waals surface area (Å²) in [6.07, 6.45) is 4.21. The Balaban J connectivity index is 1.60. The van der Waals surface area contributed by atoms with Crippen LogP contribution in [0, 0.1) is 6.92 Å². The zero-order valence-corrected chi connectivity index (χ0v) is 16.4. The van der Waals surface area contributed by atoms with Gasteiger partial charge in [-0.2, -0.15) is 0 Å². The average molecular weight is 385 g/mol. The first-order chi connectivity index (χ1) is 13.4. The second kappa shape index (κ2) is 9.01. The molecule has 7 heteroatoms. The van der Waals surface area contributed by atoms with E-state index < -0.39 is 5.97 Å². The number of aromatic nitrogens is 1. The molecule has 0 radical (unpaired) electrons. The number of aliphatic carboxylic acids is 1. The normalized spacial score (nSPS) is 17.9. The number of rotatable bonds is 6. The van der Waals surface area contributed by atoms with Crippen molar-refractivity contribution in [1.29, 1.82) is 0 Å². The van der Waals surface area contributed by atoms with Crippen LogP contribution in [0.2, 0.25) is 0 Å². The molecule has 1 N–H and O–H groups in total. The van der Waals surface area contributed by atoms with Crippen molar-refractivity contribution in [2.24, 2.45) is 0 Å². The summed E-state index contributed by atoms with van der Waals surface area (Å²) in [5.74, 6) is 0.269. The van der Waals surface area contributed by atoms with Gasteiger partial charge in [0.05, 0.1) is 12.7 Å². The molecule has 2 aromatic rings. The van der Waals surface area contributed by atoms with Crippen LogP contribution in [0.25, 0.3) is 11.3 Å². The number of carbonyl (C=O) groups excluding carboxylic acids is 1. The van der Waals surface area contributed by atoms with Crippen LogP contribution in [0.3, 0.4) is 0 Å². The third-order valence-corrected chi connectivity index (χ3v) is 5.19. The minimum absolute atomic E-state index is 0.0359. The first-order valence-corrected chi connectivity index (χ1v) is 9.65. The Morgan fingerprint density at radius 3 is 2.68 bits per heavy atom. The fourth-order valence-electron chi connectivity index (χ4n) is 3.68. The Kier molecular flexibility index (Phi) is 6.46. The number of hydrogen-bond donors (Lipinski definition) is 1. The highest BCUT2D eigenvalue weighted by Gasteiger charge is 2.26. The van der Waals surface area contributed by atoms with Gasteiger partial charge in [-0.25, -0.2) is 4.98 Å². The van der Waals surface area contributed by atoms with Crippen LogP contribution < -0.4 is 0 Å². The third kappa shape index (κ3) is 5.19. The van der Waals surface area contributed by atoms with Crippen molar-refractivity contribution in [3.8, 4) is 11.3 Å². The summed E-state index contributed by atoms with van der Waals surface area (Å²) < 4.78 is 5.92. The fraction of sp³-hybridized carbons (Fsp3) is 0.476. The first kappa shape index (κ1) is 20.1.